The van der Waals surface area contributed by atoms with Gasteiger partial charge in [-0.05, 0) is 33.3 Å². The normalized spacial score (nSPS) is 13.3. The molecule has 114 valence electrons. The maximum atomic E-state index is 12.6. The number of amidine groups is 1. The molecule has 1 aromatic heterocycles. The summed E-state index contributed by atoms with van der Waals surface area (Å²) < 4.78 is 27.4. The Hall–Kier alpha value is -0.640. The van der Waals surface area contributed by atoms with Crippen LogP contribution in [0.25, 0.3) is 0 Å². The van der Waals surface area contributed by atoms with Gasteiger partial charge in [0.2, 0.25) is 0 Å². The van der Waals surface area contributed by atoms with Crippen molar-refractivity contribution in [3.8, 4) is 0 Å². The monoisotopic (exact) mass is 383 g/mol. The van der Waals surface area contributed by atoms with E-state index in [1.807, 2.05) is 13.8 Å². The summed E-state index contributed by atoms with van der Waals surface area (Å²) in [6, 6.07) is 1.70. The Bertz CT molecular complexity index is 569. The third kappa shape index (κ3) is 4.44. The van der Waals surface area contributed by atoms with Crippen molar-refractivity contribution in [2.45, 2.75) is 24.5 Å². The van der Waals surface area contributed by atoms with Crippen molar-refractivity contribution < 1.29 is 13.6 Å². The van der Waals surface area contributed by atoms with Crippen LogP contribution in [-0.4, -0.2) is 36.9 Å². The largest absolute Gasteiger partial charge is 0.409 e. The van der Waals surface area contributed by atoms with Crippen molar-refractivity contribution in [2.24, 2.45) is 16.8 Å². The zero-order valence-electron chi connectivity index (χ0n) is 11.3. The van der Waals surface area contributed by atoms with Gasteiger partial charge in [0.1, 0.15) is 10.0 Å². The molecule has 0 aliphatic heterocycles. The molecule has 0 aliphatic rings. The molecule has 0 bridgehead atoms. The molecule has 0 radical (unpaired) electrons. The lowest BCUT2D eigenvalue weighted by atomic mass is 10.2. The number of oxime groups is 1. The summed E-state index contributed by atoms with van der Waals surface area (Å²) >= 11 is 4.41. The van der Waals surface area contributed by atoms with Crippen molar-refractivity contribution in [2.75, 3.05) is 13.1 Å². The third-order valence-electron chi connectivity index (χ3n) is 2.47. The van der Waals surface area contributed by atoms with Gasteiger partial charge in [0, 0.05) is 24.0 Å². The van der Waals surface area contributed by atoms with Crippen molar-refractivity contribution in [1.29, 1.82) is 0 Å². The second kappa shape index (κ2) is 7.39. The quantitative estimate of drug-likeness (QED) is 0.326. The molecule has 0 saturated carbocycles. The number of hydrogen-bond acceptors (Lipinski definition) is 5. The molecule has 0 aliphatic carbocycles. The molecular formula is C11H18BrN3O3S2. The molecule has 0 atom stereocenters. The minimum atomic E-state index is -3.57. The van der Waals surface area contributed by atoms with Crippen LogP contribution in [0.2, 0.25) is 0 Å². The van der Waals surface area contributed by atoms with Gasteiger partial charge in [-0.25, -0.2) is 8.42 Å². The van der Waals surface area contributed by atoms with Gasteiger partial charge in [-0.2, -0.15) is 4.31 Å². The summed E-state index contributed by atoms with van der Waals surface area (Å²) in [7, 11) is -3.57. The summed E-state index contributed by atoms with van der Waals surface area (Å²) in [6.07, 6.45) is 0.186. The second-order valence-corrected chi connectivity index (χ2v) is 8.56. The second-order valence-electron chi connectivity index (χ2n) is 4.65. The third-order valence-corrected chi connectivity index (χ3v) is 6.99. The van der Waals surface area contributed by atoms with Crippen molar-refractivity contribution >= 4 is 43.1 Å². The van der Waals surface area contributed by atoms with Crippen LogP contribution in [0.4, 0.5) is 0 Å². The molecule has 9 heteroatoms. The fraction of sp³-hybridized carbons (Fsp3) is 0.545. The van der Waals surface area contributed by atoms with Gasteiger partial charge in [-0.15, -0.1) is 11.3 Å². The molecule has 0 spiro atoms. The van der Waals surface area contributed by atoms with Crippen molar-refractivity contribution in [1.82, 2.24) is 4.31 Å². The number of sulfonamides is 1. The molecule has 0 unspecified atom stereocenters. The minimum Gasteiger partial charge on any atom is -0.409 e. The average Bonchev–Trinajstić information content (AvgIpc) is 2.80. The van der Waals surface area contributed by atoms with Crippen LogP contribution in [0.3, 0.4) is 0 Å². The Labute approximate surface area is 131 Å². The van der Waals surface area contributed by atoms with Gasteiger partial charge in [0.05, 0.1) is 0 Å². The van der Waals surface area contributed by atoms with Crippen LogP contribution in [0, 0.1) is 5.92 Å². The van der Waals surface area contributed by atoms with Gasteiger partial charge in [-0.3, -0.25) is 0 Å². The highest BCUT2D eigenvalue weighted by atomic mass is 79.9. The van der Waals surface area contributed by atoms with E-state index in [1.165, 1.54) is 4.31 Å². The van der Waals surface area contributed by atoms with E-state index in [9.17, 15) is 8.42 Å². The van der Waals surface area contributed by atoms with Crippen LogP contribution in [-0.2, 0) is 10.0 Å². The van der Waals surface area contributed by atoms with Crippen molar-refractivity contribution in [3.63, 3.8) is 0 Å². The molecule has 6 nitrogen and oxygen atoms in total. The van der Waals surface area contributed by atoms with Crippen LogP contribution in [0.15, 0.2) is 25.3 Å². The number of hydrogen-bond donors (Lipinski definition) is 2. The van der Waals surface area contributed by atoms with E-state index >= 15 is 0 Å². The smallest absolute Gasteiger partial charge is 0.253 e. The SMILES string of the molecule is CC(C)CN(CCC(N)=NO)S(=O)(=O)c1sccc1Br. The van der Waals surface area contributed by atoms with Gasteiger partial charge < -0.3 is 10.9 Å². The Morgan fingerprint density at radius 3 is 2.70 bits per heavy atom. The molecule has 1 rings (SSSR count). The fourth-order valence-corrected chi connectivity index (χ4v) is 5.64. The maximum absolute atomic E-state index is 12.6. The minimum absolute atomic E-state index is 0.0131. The van der Waals surface area contributed by atoms with E-state index in [2.05, 4.69) is 21.1 Å². The first-order valence-electron chi connectivity index (χ1n) is 5.98. The van der Waals surface area contributed by atoms with Crippen LogP contribution < -0.4 is 5.73 Å². The molecule has 1 heterocycles. The van der Waals surface area contributed by atoms with Gasteiger partial charge in [0.25, 0.3) is 10.0 Å². The first kappa shape index (κ1) is 17.4. The van der Waals surface area contributed by atoms with E-state index in [4.69, 9.17) is 10.9 Å². The Kier molecular flexibility index (Phi) is 6.44. The zero-order valence-corrected chi connectivity index (χ0v) is 14.5. The first-order valence-corrected chi connectivity index (χ1v) is 9.09. The zero-order chi connectivity index (χ0) is 15.3. The number of nitrogens with two attached hydrogens (primary N) is 1. The summed E-state index contributed by atoms with van der Waals surface area (Å²) in [5.74, 6) is 0.190. The van der Waals surface area contributed by atoms with Crippen LogP contribution in [0.5, 0.6) is 0 Å². The van der Waals surface area contributed by atoms with E-state index in [0.29, 0.717) is 11.0 Å². The highest BCUT2D eigenvalue weighted by Gasteiger charge is 2.28. The summed E-state index contributed by atoms with van der Waals surface area (Å²) in [5, 5.41) is 13.1. The highest BCUT2D eigenvalue weighted by molar-refractivity contribution is 9.10. The highest BCUT2D eigenvalue weighted by Crippen LogP contribution is 2.30. The Balaban J connectivity index is 3.01. The van der Waals surface area contributed by atoms with E-state index < -0.39 is 10.0 Å². The number of rotatable bonds is 7. The lowest BCUT2D eigenvalue weighted by Gasteiger charge is -2.23. The standard InChI is InChI=1S/C11H18BrN3O3S2/c1-8(2)7-15(5-3-10(13)14-16)20(17,18)11-9(12)4-6-19-11/h4,6,8,16H,3,5,7H2,1-2H3,(H2,13,14). The summed E-state index contributed by atoms with van der Waals surface area (Å²) in [6.45, 7) is 4.44. The fourth-order valence-electron chi connectivity index (χ4n) is 1.59. The molecule has 3 N–H and O–H groups in total. The maximum Gasteiger partial charge on any atom is 0.253 e. The summed E-state index contributed by atoms with van der Waals surface area (Å²) in [4.78, 5) is 0. The molecule has 0 fully saturated rings. The molecule has 20 heavy (non-hydrogen) atoms. The topological polar surface area (TPSA) is 96.0 Å². The molecule has 1 aromatic rings. The molecule has 0 aromatic carbocycles. The number of thiophene rings is 1. The van der Waals surface area contributed by atoms with E-state index in [1.54, 1.807) is 11.4 Å². The molecule has 0 amide bonds. The number of nitrogens with zero attached hydrogens (tertiary/aromatic N) is 2. The summed E-state index contributed by atoms with van der Waals surface area (Å²) in [5.41, 5.74) is 5.42. The van der Waals surface area contributed by atoms with Crippen molar-refractivity contribution in [3.05, 3.63) is 15.9 Å². The molecule has 0 saturated heterocycles. The lowest BCUT2D eigenvalue weighted by molar-refractivity contribution is 0.314. The number of halogens is 1. The lowest BCUT2D eigenvalue weighted by Crippen LogP contribution is -2.36. The predicted molar refractivity (Wildman–Crippen MR) is 83.6 cm³/mol. The first-order chi connectivity index (χ1) is 9.28. The van der Waals surface area contributed by atoms with E-state index in [-0.39, 0.29) is 28.9 Å². The van der Waals surface area contributed by atoms with Gasteiger partial charge in [0.15, 0.2) is 0 Å². The van der Waals surface area contributed by atoms with Crippen LogP contribution >= 0.6 is 27.3 Å². The Morgan fingerprint density at radius 2 is 2.25 bits per heavy atom. The van der Waals surface area contributed by atoms with Gasteiger partial charge in [-0.1, -0.05) is 19.0 Å². The molecular weight excluding hydrogens is 366 g/mol. The van der Waals surface area contributed by atoms with E-state index in [0.717, 1.165) is 11.3 Å². The van der Waals surface area contributed by atoms with Crippen LogP contribution in [0.1, 0.15) is 20.3 Å². The van der Waals surface area contributed by atoms with Gasteiger partial charge >= 0.3 is 0 Å². The Morgan fingerprint density at radius 1 is 1.60 bits per heavy atom. The predicted octanol–water partition coefficient (Wildman–Crippen LogP) is 2.29. The average molecular weight is 384 g/mol.